The minimum atomic E-state index is 0.535. The Bertz CT molecular complexity index is 268. The highest BCUT2D eigenvalue weighted by Crippen LogP contribution is 2.32. The molecule has 0 aliphatic heterocycles. The van der Waals surface area contributed by atoms with Crippen molar-refractivity contribution in [1.29, 1.82) is 0 Å². The highest BCUT2D eigenvalue weighted by molar-refractivity contribution is 6.17. The predicted molar refractivity (Wildman–Crippen MR) is 49.9 cm³/mol. The van der Waals surface area contributed by atoms with Crippen molar-refractivity contribution >= 4 is 11.6 Å². The number of rotatable bonds is 3. The van der Waals surface area contributed by atoms with Gasteiger partial charge >= 0.3 is 0 Å². The molecule has 13 heavy (non-hydrogen) atoms. The topological polar surface area (TPSA) is 38.9 Å². The van der Waals surface area contributed by atoms with Crippen molar-refractivity contribution in [3.8, 4) is 0 Å². The molecular formula is C9H13ClN2O. The van der Waals surface area contributed by atoms with E-state index < -0.39 is 0 Å². The fourth-order valence-electron chi connectivity index (χ4n) is 1.80. The molecule has 0 amide bonds. The quantitative estimate of drug-likeness (QED) is 0.704. The van der Waals surface area contributed by atoms with Gasteiger partial charge in [0.25, 0.3) is 0 Å². The molecule has 1 aliphatic carbocycles. The van der Waals surface area contributed by atoms with Gasteiger partial charge in [-0.15, -0.1) is 11.6 Å². The summed E-state index contributed by atoms with van der Waals surface area (Å²) in [5.74, 6) is 2.65. The standard InChI is InChI=1S/C9H13ClN2O/c10-6-5-8-11-9(12-13-8)7-3-1-2-4-7/h7H,1-6H2. The van der Waals surface area contributed by atoms with E-state index in [2.05, 4.69) is 10.1 Å². The molecule has 1 fully saturated rings. The number of alkyl halides is 1. The third-order valence-electron chi connectivity index (χ3n) is 2.51. The van der Waals surface area contributed by atoms with Gasteiger partial charge < -0.3 is 4.52 Å². The maximum atomic E-state index is 5.58. The normalized spacial score (nSPS) is 18.2. The summed E-state index contributed by atoms with van der Waals surface area (Å²) in [6.45, 7) is 0. The molecule has 72 valence electrons. The molecule has 0 unspecified atom stereocenters. The lowest BCUT2D eigenvalue weighted by atomic mass is 10.1. The van der Waals surface area contributed by atoms with E-state index in [9.17, 15) is 0 Å². The molecular weight excluding hydrogens is 188 g/mol. The van der Waals surface area contributed by atoms with Crippen LogP contribution in [0.5, 0.6) is 0 Å². The zero-order valence-corrected chi connectivity index (χ0v) is 8.26. The van der Waals surface area contributed by atoms with Crippen molar-refractivity contribution in [2.75, 3.05) is 5.88 Å². The van der Waals surface area contributed by atoms with Gasteiger partial charge in [-0.1, -0.05) is 18.0 Å². The maximum Gasteiger partial charge on any atom is 0.227 e. The Morgan fingerprint density at radius 3 is 2.85 bits per heavy atom. The molecule has 0 spiro atoms. The van der Waals surface area contributed by atoms with Crippen LogP contribution < -0.4 is 0 Å². The molecule has 0 bridgehead atoms. The van der Waals surface area contributed by atoms with E-state index >= 15 is 0 Å². The number of aromatic nitrogens is 2. The van der Waals surface area contributed by atoms with Gasteiger partial charge in [-0.2, -0.15) is 4.98 Å². The van der Waals surface area contributed by atoms with Gasteiger partial charge in [-0.05, 0) is 12.8 Å². The Morgan fingerprint density at radius 2 is 2.15 bits per heavy atom. The Morgan fingerprint density at radius 1 is 1.38 bits per heavy atom. The summed E-state index contributed by atoms with van der Waals surface area (Å²) in [4.78, 5) is 4.32. The van der Waals surface area contributed by atoms with Crippen LogP contribution in [0.1, 0.15) is 43.3 Å². The van der Waals surface area contributed by atoms with E-state index in [4.69, 9.17) is 16.1 Å². The lowest BCUT2D eigenvalue weighted by Gasteiger charge is -1.99. The molecule has 3 nitrogen and oxygen atoms in total. The number of hydrogen-bond acceptors (Lipinski definition) is 3. The number of aryl methyl sites for hydroxylation is 1. The van der Waals surface area contributed by atoms with Crippen LogP contribution in [0.3, 0.4) is 0 Å². The first-order valence-corrected chi connectivity index (χ1v) is 5.32. The molecule has 0 saturated heterocycles. The summed E-state index contributed by atoms with van der Waals surface area (Å²) in [7, 11) is 0. The summed E-state index contributed by atoms with van der Waals surface area (Å²) in [5, 5.41) is 3.97. The van der Waals surface area contributed by atoms with Crippen LogP contribution in [0, 0.1) is 0 Å². The highest BCUT2D eigenvalue weighted by Gasteiger charge is 2.21. The number of halogens is 1. The second-order valence-electron chi connectivity index (χ2n) is 3.47. The number of hydrogen-bond donors (Lipinski definition) is 0. The molecule has 1 aromatic rings. The van der Waals surface area contributed by atoms with Crippen molar-refractivity contribution in [2.24, 2.45) is 0 Å². The van der Waals surface area contributed by atoms with Crippen molar-refractivity contribution < 1.29 is 4.52 Å². The second kappa shape index (κ2) is 4.09. The van der Waals surface area contributed by atoms with Crippen LogP contribution >= 0.6 is 11.6 Å². The van der Waals surface area contributed by atoms with Crippen molar-refractivity contribution in [3.05, 3.63) is 11.7 Å². The minimum Gasteiger partial charge on any atom is -0.339 e. The molecule has 0 radical (unpaired) electrons. The van der Waals surface area contributed by atoms with Gasteiger partial charge in [0, 0.05) is 18.2 Å². The maximum absolute atomic E-state index is 5.58. The van der Waals surface area contributed by atoms with Gasteiger partial charge in [0.1, 0.15) is 0 Å². The summed E-state index contributed by atoms with van der Waals surface area (Å²) in [6.07, 6.45) is 5.69. The molecule has 1 aliphatic rings. The van der Waals surface area contributed by atoms with Crippen LogP contribution in [0.15, 0.2) is 4.52 Å². The van der Waals surface area contributed by atoms with Crippen molar-refractivity contribution in [3.63, 3.8) is 0 Å². The molecule has 2 rings (SSSR count). The van der Waals surface area contributed by atoms with E-state index in [0.717, 1.165) is 5.82 Å². The lowest BCUT2D eigenvalue weighted by Crippen LogP contribution is -1.95. The fraction of sp³-hybridized carbons (Fsp3) is 0.778. The van der Waals surface area contributed by atoms with Crippen molar-refractivity contribution in [1.82, 2.24) is 10.1 Å². The van der Waals surface area contributed by atoms with Gasteiger partial charge in [-0.25, -0.2) is 0 Å². The minimum absolute atomic E-state index is 0.535. The Hall–Kier alpha value is -0.570. The van der Waals surface area contributed by atoms with Crippen LogP contribution in [-0.2, 0) is 6.42 Å². The SMILES string of the molecule is ClCCc1nc(C2CCCC2)no1. The predicted octanol–water partition coefficient (Wildman–Crippen LogP) is 2.51. The van der Waals surface area contributed by atoms with Gasteiger partial charge in [0.2, 0.25) is 5.89 Å². The zero-order valence-electron chi connectivity index (χ0n) is 7.50. The smallest absolute Gasteiger partial charge is 0.227 e. The molecule has 0 aromatic carbocycles. The Balaban J connectivity index is 2.03. The average molecular weight is 201 g/mol. The summed E-state index contributed by atoms with van der Waals surface area (Å²) in [6, 6.07) is 0. The monoisotopic (exact) mass is 200 g/mol. The first-order chi connectivity index (χ1) is 6.40. The molecule has 1 saturated carbocycles. The van der Waals surface area contributed by atoms with Crippen molar-refractivity contribution in [2.45, 2.75) is 38.0 Å². The first kappa shape index (κ1) is 9.00. The van der Waals surface area contributed by atoms with E-state index in [1.807, 2.05) is 0 Å². The van der Waals surface area contributed by atoms with E-state index in [-0.39, 0.29) is 0 Å². The molecule has 1 aromatic heterocycles. The lowest BCUT2D eigenvalue weighted by molar-refractivity contribution is 0.373. The van der Waals surface area contributed by atoms with E-state index in [0.29, 0.717) is 24.1 Å². The molecule has 0 N–H and O–H groups in total. The van der Waals surface area contributed by atoms with Crippen LogP contribution in [0.4, 0.5) is 0 Å². The Kier molecular flexibility index (Phi) is 2.83. The fourth-order valence-corrected chi connectivity index (χ4v) is 1.96. The third-order valence-corrected chi connectivity index (χ3v) is 2.70. The Labute approximate surface area is 82.5 Å². The third kappa shape index (κ3) is 2.02. The summed E-state index contributed by atoms with van der Waals surface area (Å²) in [5.41, 5.74) is 0. The first-order valence-electron chi connectivity index (χ1n) is 4.78. The average Bonchev–Trinajstić information content (AvgIpc) is 2.70. The van der Waals surface area contributed by atoms with E-state index in [1.54, 1.807) is 0 Å². The molecule has 1 heterocycles. The van der Waals surface area contributed by atoms with E-state index in [1.165, 1.54) is 25.7 Å². The van der Waals surface area contributed by atoms with Crippen LogP contribution in [0.25, 0.3) is 0 Å². The summed E-state index contributed by atoms with van der Waals surface area (Å²) >= 11 is 5.58. The van der Waals surface area contributed by atoms with Crippen LogP contribution in [-0.4, -0.2) is 16.0 Å². The zero-order chi connectivity index (χ0) is 9.10. The number of nitrogens with zero attached hydrogens (tertiary/aromatic N) is 2. The molecule has 0 atom stereocenters. The highest BCUT2D eigenvalue weighted by atomic mass is 35.5. The summed E-state index contributed by atoms with van der Waals surface area (Å²) < 4.78 is 5.07. The van der Waals surface area contributed by atoms with Crippen LogP contribution in [0.2, 0.25) is 0 Å². The van der Waals surface area contributed by atoms with Gasteiger partial charge in [0.05, 0.1) is 0 Å². The largest absolute Gasteiger partial charge is 0.339 e. The second-order valence-corrected chi connectivity index (χ2v) is 3.84. The van der Waals surface area contributed by atoms with Gasteiger partial charge in [-0.3, -0.25) is 0 Å². The van der Waals surface area contributed by atoms with Gasteiger partial charge in [0.15, 0.2) is 5.82 Å². The molecule has 4 heteroatoms.